The Labute approximate surface area is 273 Å². The molecule has 0 saturated heterocycles. The summed E-state index contributed by atoms with van der Waals surface area (Å²) in [6.45, 7) is 6.90. The van der Waals surface area contributed by atoms with E-state index in [1.54, 1.807) is 0 Å². The number of ether oxygens (including phenoxy) is 2. The number of nitrogens with zero attached hydrogens (tertiary/aromatic N) is 1. The van der Waals surface area contributed by atoms with Crippen LogP contribution < -0.4 is 5.32 Å². The molecule has 1 aromatic carbocycles. The molecule has 1 aliphatic carbocycles. The number of unbranched alkanes of at least 4 members (excludes halogenated alkanes) is 1. The number of aliphatic hydroxyl groups is 7. The minimum atomic E-state index is -1.51. The van der Waals surface area contributed by atoms with Gasteiger partial charge in [-0.05, 0) is 62.5 Å². The van der Waals surface area contributed by atoms with E-state index in [2.05, 4.69) is 18.8 Å². The van der Waals surface area contributed by atoms with Gasteiger partial charge in [0.05, 0.1) is 43.7 Å². The van der Waals surface area contributed by atoms with Crippen molar-refractivity contribution in [2.24, 2.45) is 0 Å². The highest BCUT2D eigenvalue weighted by atomic mass is 16.6. The lowest BCUT2D eigenvalue weighted by molar-refractivity contribution is -0.0806. The van der Waals surface area contributed by atoms with Crippen molar-refractivity contribution in [1.82, 2.24) is 10.2 Å². The Kier molecular flexibility index (Phi) is 18.9. The molecule has 0 aromatic heterocycles. The van der Waals surface area contributed by atoms with E-state index in [9.17, 15) is 30.3 Å². The summed E-state index contributed by atoms with van der Waals surface area (Å²) in [5.74, 6) is 0. The Morgan fingerprint density at radius 3 is 2.33 bits per heavy atom. The maximum atomic E-state index is 12.3. The van der Waals surface area contributed by atoms with Gasteiger partial charge < -0.3 is 50.5 Å². The zero-order chi connectivity index (χ0) is 34.0. The second-order valence-corrected chi connectivity index (χ2v) is 12.6. The number of aliphatic hydroxyl groups excluding tert-OH is 7. The molecule has 46 heavy (non-hydrogen) atoms. The maximum Gasteiger partial charge on any atom is 0.407 e. The second kappa shape index (κ2) is 21.7. The van der Waals surface area contributed by atoms with Crippen molar-refractivity contribution >= 4 is 6.09 Å². The molecule has 2 rings (SSSR count). The Bertz CT molecular complexity index is 997. The number of amides is 1. The summed E-state index contributed by atoms with van der Waals surface area (Å²) in [7, 11) is 0. The molecule has 0 bridgehead atoms. The molecule has 0 spiro atoms. The van der Waals surface area contributed by atoms with Gasteiger partial charge in [0.1, 0.15) is 18.8 Å². The molecule has 1 aromatic rings. The summed E-state index contributed by atoms with van der Waals surface area (Å²) in [6, 6.07) is 7.52. The summed E-state index contributed by atoms with van der Waals surface area (Å²) >= 11 is 0. The van der Waals surface area contributed by atoms with Crippen molar-refractivity contribution in [1.29, 1.82) is 0 Å². The summed E-state index contributed by atoms with van der Waals surface area (Å²) in [5.41, 5.74) is 2.78. The third-order valence-electron chi connectivity index (χ3n) is 8.54. The predicted octanol–water partition coefficient (Wildman–Crippen LogP) is 1.75. The first-order chi connectivity index (χ1) is 22.0. The Hall–Kier alpha value is -2.13. The molecule has 1 saturated carbocycles. The molecule has 4 unspecified atom stereocenters. The van der Waals surface area contributed by atoms with Crippen LogP contribution in [0.1, 0.15) is 82.3 Å². The Morgan fingerprint density at radius 1 is 0.978 bits per heavy atom. The van der Waals surface area contributed by atoms with Crippen LogP contribution in [0.2, 0.25) is 0 Å². The molecule has 1 amide bonds. The maximum absolute atomic E-state index is 12.3. The minimum Gasteiger partial charge on any atom is -0.447 e. The molecule has 8 N–H and O–H groups in total. The fourth-order valence-corrected chi connectivity index (χ4v) is 5.79. The zero-order valence-corrected chi connectivity index (χ0v) is 27.4. The average molecular weight is 655 g/mol. The predicted molar refractivity (Wildman–Crippen MR) is 174 cm³/mol. The lowest BCUT2D eigenvalue weighted by Gasteiger charge is -2.38. The third-order valence-corrected chi connectivity index (χ3v) is 8.54. The molecule has 1 fully saturated rings. The lowest BCUT2D eigenvalue weighted by atomic mass is 9.79. The Morgan fingerprint density at radius 2 is 1.67 bits per heavy atom. The van der Waals surface area contributed by atoms with Gasteiger partial charge in [0, 0.05) is 26.2 Å². The van der Waals surface area contributed by atoms with Crippen molar-refractivity contribution in [3.05, 3.63) is 47.5 Å². The van der Waals surface area contributed by atoms with E-state index in [1.807, 2.05) is 29.2 Å². The van der Waals surface area contributed by atoms with E-state index in [0.29, 0.717) is 13.2 Å². The average Bonchev–Trinajstić information content (AvgIpc) is 3.05. The molecule has 12 nitrogen and oxygen atoms in total. The van der Waals surface area contributed by atoms with Gasteiger partial charge in [-0.3, -0.25) is 4.90 Å². The van der Waals surface area contributed by atoms with Gasteiger partial charge in [0.25, 0.3) is 0 Å². The van der Waals surface area contributed by atoms with E-state index >= 15 is 0 Å². The van der Waals surface area contributed by atoms with Crippen molar-refractivity contribution in [2.75, 3.05) is 39.5 Å². The van der Waals surface area contributed by atoms with Gasteiger partial charge in [0.15, 0.2) is 0 Å². The molecule has 1 aliphatic rings. The SMILES string of the molecule is C=C1CCCC(CCCC)(OCCOC(=O)NCc2ccc(CN(CC[C@H](O)[C@@H](O)C(O)CO)CC(O)CCC(O)CO)cc2)C1. The fourth-order valence-electron chi connectivity index (χ4n) is 5.79. The van der Waals surface area contributed by atoms with E-state index < -0.39 is 49.8 Å². The van der Waals surface area contributed by atoms with E-state index in [0.717, 1.165) is 56.1 Å². The van der Waals surface area contributed by atoms with Crippen LogP contribution in [0.15, 0.2) is 36.4 Å². The second-order valence-electron chi connectivity index (χ2n) is 12.6. The molecule has 0 aliphatic heterocycles. The monoisotopic (exact) mass is 654 g/mol. The van der Waals surface area contributed by atoms with Crippen LogP contribution in [0.3, 0.4) is 0 Å². The third kappa shape index (κ3) is 15.2. The first-order valence-electron chi connectivity index (χ1n) is 16.6. The van der Waals surface area contributed by atoms with Crippen LogP contribution in [0.4, 0.5) is 4.79 Å². The van der Waals surface area contributed by atoms with Crippen LogP contribution >= 0.6 is 0 Å². The molecule has 0 radical (unpaired) electrons. The van der Waals surface area contributed by atoms with Crippen LogP contribution in [0.5, 0.6) is 0 Å². The number of hydrogen-bond donors (Lipinski definition) is 8. The van der Waals surface area contributed by atoms with Gasteiger partial charge in [-0.1, -0.05) is 56.2 Å². The van der Waals surface area contributed by atoms with Crippen molar-refractivity contribution in [3.63, 3.8) is 0 Å². The molecular formula is C34H58N2O10. The van der Waals surface area contributed by atoms with E-state index in [4.69, 9.17) is 19.7 Å². The molecule has 264 valence electrons. The first-order valence-corrected chi connectivity index (χ1v) is 16.6. The van der Waals surface area contributed by atoms with Gasteiger partial charge in [-0.15, -0.1) is 0 Å². The van der Waals surface area contributed by atoms with Crippen molar-refractivity contribution in [3.8, 4) is 0 Å². The largest absolute Gasteiger partial charge is 0.447 e. The number of rotatable bonds is 23. The highest BCUT2D eigenvalue weighted by Crippen LogP contribution is 2.38. The summed E-state index contributed by atoms with van der Waals surface area (Å²) in [6.07, 6.45) is 1.20. The number of carbonyl (C=O) groups excluding carboxylic acids is 1. The quantitative estimate of drug-likeness (QED) is 0.0633. The summed E-state index contributed by atoms with van der Waals surface area (Å²) in [4.78, 5) is 14.2. The van der Waals surface area contributed by atoms with Crippen LogP contribution in [0.25, 0.3) is 0 Å². The molecule has 6 atom stereocenters. The zero-order valence-electron chi connectivity index (χ0n) is 27.4. The smallest absolute Gasteiger partial charge is 0.407 e. The Balaban J connectivity index is 1.84. The number of alkyl carbamates (subject to hydrolysis) is 1. The van der Waals surface area contributed by atoms with Gasteiger partial charge in [-0.2, -0.15) is 0 Å². The van der Waals surface area contributed by atoms with Crippen LogP contribution in [0, 0.1) is 0 Å². The van der Waals surface area contributed by atoms with Crippen molar-refractivity contribution < 1.29 is 50.0 Å². The number of benzene rings is 1. The number of hydrogen-bond acceptors (Lipinski definition) is 11. The van der Waals surface area contributed by atoms with Gasteiger partial charge in [0.2, 0.25) is 0 Å². The molecule has 12 heteroatoms. The summed E-state index contributed by atoms with van der Waals surface area (Å²) in [5, 5.41) is 70.9. The molecular weight excluding hydrogens is 596 g/mol. The topological polar surface area (TPSA) is 192 Å². The fraction of sp³-hybridized carbons (Fsp3) is 0.735. The lowest BCUT2D eigenvalue weighted by Crippen LogP contribution is -2.42. The van der Waals surface area contributed by atoms with E-state index in [1.165, 1.54) is 5.57 Å². The molecule has 0 heterocycles. The highest BCUT2D eigenvalue weighted by Gasteiger charge is 2.33. The highest BCUT2D eigenvalue weighted by molar-refractivity contribution is 5.67. The number of nitrogens with one attached hydrogen (secondary N) is 1. The van der Waals surface area contributed by atoms with Crippen molar-refractivity contribution in [2.45, 2.75) is 120 Å². The normalized spacial score (nSPS) is 20.2. The van der Waals surface area contributed by atoms with Gasteiger partial charge in [-0.25, -0.2) is 4.79 Å². The van der Waals surface area contributed by atoms with E-state index in [-0.39, 0.29) is 51.1 Å². The minimum absolute atomic E-state index is 0.0778. The number of carbonyl (C=O) groups is 1. The summed E-state index contributed by atoms with van der Waals surface area (Å²) < 4.78 is 11.6. The standard InChI is InChI=1S/C34H58N2O10/c1-3-4-14-34(15-5-6-25(2)19-34)46-18-17-45-33(44)35-20-26-7-9-27(10-8-26)21-36(22-28(39)11-12-29(40)23-37)16-13-30(41)32(43)31(42)24-38/h7-10,28-32,37-43H,2-6,11-24H2,1H3,(H,35,44)/t28?,29?,30-,31?,32+,34?/m0/s1. The van der Waals surface area contributed by atoms with Crippen LogP contribution in [-0.2, 0) is 22.6 Å². The van der Waals surface area contributed by atoms with Gasteiger partial charge >= 0.3 is 6.09 Å². The van der Waals surface area contributed by atoms with Crippen LogP contribution in [-0.4, -0.2) is 122 Å². The first kappa shape index (κ1) is 40.0.